The summed E-state index contributed by atoms with van der Waals surface area (Å²) in [6.07, 6.45) is 10.0. The van der Waals surface area contributed by atoms with Crippen molar-refractivity contribution < 1.29 is 4.79 Å². The summed E-state index contributed by atoms with van der Waals surface area (Å²) in [6.45, 7) is 1.82. The number of hydrogen-bond acceptors (Lipinski definition) is 3. The second-order valence-corrected chi connectivity index (χ2v) is 7.99. The van der Waals surface area contributed by atoms with Crippen LogP contribution >= 0.6 is 24.8 Å². The maximum atomic E-state index is 12.6. The highest BCUT2D eigenvalue weighted by Gasteiger charge is 2.46. The summed E-state index contributed by atoms with van der Waals surface area (Å²) >= 11 is 0. The van der Waals surface area contributed by atoms with Gasteiger partial charge in [-0.05, 0) is 50.4 Å². The van der Waals surface area contributed by atoms with Gasteiger partial charge in [0, 0.05) is 28.6 Å². The van der Waals surface area contributed by atoms with Crippen LogP contribution in [0.1, 0.15) is 50.5 Å². The van der Waals surface area contributed by atoms with Crippen LogP contribution in [0.2, 0.25) is 0 Å². The average Bonchev–Trinajstić information content (AvgIpc) is 3.12. The van der Waals surface area contributed by atoms with E-state index < -0.39 is 0 Å². The molecular formula is C21H32Cl2N4O. The minimum atomic E-state index is -0.327. The van der Waals surface area contributed by atoms with Crippen LogP contribution in [0.4, 0.5) is 0 Å². The summed E-state index contributed by atoms with van der Waals surface area (Å²) in [6, 6.07) is 8.45. The van der Waals surface area contributed by atoms with Crippen molar-refractivity contribution in [2.75, 3.05) is 13.1 Å². The van der Waals surface area contributed by atoms with Gasteiger partial charge >= 0.3 is 0 Å². The molecule has 28 heavy (non-hydrogen) atoms. The zero-order valence-corrected chi connectivity index (χ0v) is 17.8. The number of primary amides is 1. The number of benzene rings is 1. The molecule has 1 saturated carbocycles. The topological polar surface area (TPSA) is 82.9 Å². The van der Waals surface area contributed by atoms with Crippen molar-refractivity contribution in [1.29, 1.82) is 0 Å². The Morgan fingerprint density at radius 2 is 1.79 bits per heavy atom. The minimum absolute atomic E-state index is 0. The molecule has 2 heterocycles. The zero-order chi connectivity index (χ0) is 18.0. The van der Waals surface area contributed by atoms with Crippen molar-refractivity contribution in [1.82, 2.24) is 15.6 Å². The Labute approximate surface area is 179 Å². The quantitative estimate of drug-likeness (QED) is 0.590. The fourth-order valence-electron chi connectivity index (χ4n) is 5.09. The minimum Gasteiger partial charge on any atom is -0.368 e. The van der Waals surface area contributed by atoms with Crippen molar-refractivity contribution in [2.45, 2.75) is 62.4 Å². The Morgan fingerprint density at radius 3 is 2.46 bits per heavy atom. The molecule has 1 saturated heterocycles. The first-order valence-electron chi connectivity index (χ1n) is 10.0. The molecule has 2 aliphatic rings. The third kappa shape index (κ3) is 4.33. The van der Waals surface area contributed by atoms with Gasteiger partial charge in [0.2, 0.25) is 5.91 Å². The standard InChI is InChI=1S/C21H30N4O.2ClH/c22-20(26)19(25-15-6-2-1-3-7-15)21(10-12-23-13-11-21)17-14-24-18-9-5-4-8-16(17)18;;/h4-5,8-9,14-15,19,23-25H,1-3,6-7,10-13H2,(H2,22,26);2*1H. The number of nitrogens with one attached hydrogen (secondary N) is 3. The highest BCUT2D eigenvalue weighted by molar-refractivity contribution is 5.88. The molecule has 2 aromatic rings. The monoisotopic (exact) mass is 426 g/mol. The van der Waals surface area contributed by atoms with E-state index in [1.54, 1.807) is 0 Å². The number of halogens is 2. The van der Waals surface area contributed by atoms with Crippen LogP contribution in [0.3, 0.4) is 0 Å². The van der Waals surface area contributed by atoms with E-state index in [0.29, 0.717) is 6.04 Å². The van der Waals surface area contributed by atoms with E-state index in [0.717, 1.165) is 44.3 Å². The second-order valence-electron chi connectivity index (χ2n) is 7.99. The lowest BCUT2D eigenvalue weighted by Gasteiger charge is -2.44. The Morgan fingerprint density at radius 1 is 1.11 bits per heavy atom. The molecule has 1 amide bonds. The largest absolute Gasteiger partial charge is 0.368 e. The van der Waals surface area contributed by atoms with Gasteiger partial charge in [0.1, 0.15) is 0 Å². The lowest BCUT2D eigenvalue weighted by atomic mass is 9.67. The van der Waals surface area contributed by atoms with Gasteiger partial charge in [0.05, 0.1) is 6.04 Å². The number of carbonyl (C=O) groups excluding carboxylic acids is 1. The first kappa shape index (κ1) is 23.0. The molecule has 1 aromatic heterocycles. The van der Waals surface area contributed by atoms with E-state index >= 15 is 0 Å². The summed E-state index contributed by atoms with van der Waals surface area (Å²) in [5.74, 6) is -0.220. The summed E-state index contributed by atoms with van der Waals surface area (Å²) in [7, 11) is 0. The van der Waals surface area contributed by atoms with Gasteiger partial charge in [0.25, 0.3) is 0 Å². The number of carbonyl (C=O) groups is 1. The summed E-state index contributed by atoms with van der Waals surface area (Å²) in [4.78, 5) is 16.0. The molecule has 0 radical (unpaired) electrons. The van der Waals surface area contributed by atoms with Crippen molar-refractivity contribution in [3.63, 3.8) is 0 Å². The lowest BCUT2D eigenvalue weighted by Crippen LogP contribution is -2.61. The molecule has 5 N–H and O–H groups in total. The van der Waals surface area contributed by atoms with Gasteiger partial charge in [-0.2, -0.15) is 0 Å². The molecule has 0 spiro atoms. The van der Waals surface area contributed by atoms with Gasteiger partial charge in [-0.3, -0.25) is 4.79 Å². The molecule has 0 bridgehead atoms. The number of piperidine rings is 1. The van der Waals surface area contributed by atoms with Gasteiger partial charge in [-0.25, -0.2) is 0 Å². The van der Waals surface area contributed by atoms with Gasteiger partial charge in [0.15, 0.2) is 0 Å². The average molecular weight is 427 g/mol. The van der Waals surface area contributed by atoms with Crippen molar-refractivity contribution in [2.24, 2.45) is 5.73 Å². The first-order chi connectivity index (χ1) is 12.7. The van der Waals surface area contributed by atoms with Crippen LogP contribution in [0, 0.1) is 0 Å². The van der Waals surface area contributed by atoms with Crippen LogP contribution in [-0.4, -0.2) is 36.1 Å². The predicted octanol–water partition coefficient (Wildman–Crippen LogP) is 3.41. The molecule has 1 aromatic carbocycles. The number of aromatic amines is 1. The third-order valence-electron chi connectivity index (χ3n) is 6.47. The van der Waals surface area contributed by atoms with Crippen LogP contribution in [0.5, 0.6) is 0 Å². The van der Waals surface area contributed by atoms with E-state index in [1.807, 2.05) is 6.07 Å². The van der Waals surface area contributed by atoms with Gasteiger partial charge < -0.3 is 21.4 Å². The van der Waals surface area contributed by atoms with E-state index in [1.165, 1.54) is 30.2 Å². The third-order valence-corrected chi connectivity index (χ3v) is 6.47. The number of aromatic nitrogens is 1. The molecule has 156 valence electrons. The van der Waals surface area contributed by atoms with Crippen LogP contribution < -0.4 is 16.4 Å². The fourth-order valence-corrected chi connectivity index (χ4v) is 5.09. The molecule has 4 rings (SSSR count). The highest BCUT2D eigenvalue weighted by Crippen LogP contribution is 2.41. The smallest absolute Gasteiger partial charge is 0.235 e. The SMILES string of the molecule is Cl.Cl.NC(=O)C(NC1CCCCC1)C1(c2c[nH]c3ccccc23)CCNCC1. The Kier molecular flexibility index (Phi) is 8.19. The van der Waals surface area contributed by atoms with Crippen molar-refractivity contribution >= 4 is 41.6 Å². The second kappa shape index (κ2) is 9.97. The van der Waals surface area contributed by atoms with Crippen molar-refractivity contribution in [3.8, 4) is 0 Å². The predicted molar refractivity (Wildman–Crippen MR) is 120 cm³/mol. The molecule has 1 unspecified atom stereocenters. The fraction of sp³-hybridized carbons (Fsp3) is 0.571. The number of nitrogens with two attached hydrogens (primary N) is 1. The molecule has 2 fully saturated rings. The number of H-pyrrole nitrogens is 1. The number of fused-ring (bicyclic) bond motifs is 1. The van der Waals surface area contributed by atoms with Crippen LogP contribution in [-0.2, 0) is 10.2 Å². The summed E-state index contributed by atoms with van der Waals surface area (Å²) < 4.78 is 0. The number of rotatable bonds is 5. The zero-order valence-electron chi connectivity index (χ0n) is 16.2. The van der Waals surface area contributed by atoms with E-state index in [2.05, 4.69) is 40.0 Å². The summed E-state index contributed by atoms with van der Waals surface area (Å²) in [5, 5.41) is 8.37. The lowest BCUT2D eigenvalue weighted by molar-refractivity contribution is -0.122. The molecular weight excluding hydrogens is 395 g/mol. The highest BCUT2D eigenvalue weighted by atomic mass is 35.5. The molecule has 1 aliphatic heterocycles. The van der Waals surface area contributed by atoms with E-state index in [-0.39, 0.29) is 42.2 Å². The van der Waals surface area contributed by atoms with E-state index in [9.17, 15) is 4.79 Å². The maximum absolute atomic E-state index is 12.6. The summed E-state index contributed by atoms with van der Waals surface area (Å²) in [5.41, 5.74) is 8.10. The maximum Gasteiger partial charge on any atom is 0.235 e. The molecule has 7 heteroatoms. The molecule has 5 nitrogen and oxygen atoms in total. The van der Waals surface area contributed by atoms with Crippen LogP contribution in [0.15, 0.2) is 30.5 Å². The number of para-hydroxylation sites is 1. The van der Waals surface area contributed by atoms with Crippen molar-refractivity contribution in [3.05, 3.63) is 36.0 Å². The number of amides is 1. The van der Waals surface area contributed by atoms with Crippen LogP contribution in [0.25, 0.3) is 10.9 Å². The van der Waals surface area contributed by atoms with E-state index in [4.69, 9.17) is 5.73 Å². The van der Waals surface area contributed by atoms with Gasteiger partial charge in [-0.1, -0.05) is 37.5 Å². The Hall–Kier alpha value is -1.27. The normalized spacial score (nSPS) is 20.7. The first-order valence-corrected chi connectivity index (χ1v) is 10.0. The molecule has 1 atom stereocenters. The Bertz CT molecular complexity index is 767. The molecule has 1 aliphatic carbocycles. The van der Waals surface area contributed by atoms with Gasteiger partial charge in [-0.15, -0.1) is 24.8 Å². The number of hydrogen-bond donors (Lipinski definition) is 4. The Balaban J connectivity index is 0.00000140.